The number of aromatic nitrogens is 1. The summed E-state index contributed by atoms with van der Waals surface area (Å²) in [6.45, 7) is 4.36. The van der Waals surface area contributed by atoms with Crippen LogP contribution in [0.15, 0.2) is 6.07 Å². The van der Waals surface area contributed by atoms with E-state index >= 15 is 0 Å². The van der Waals surface area contributed by atoms with Crippen LogP contribution < -0.4 is 5.73 Å². The molecule has 0 aliphatic carbocycles. The molecule has 0 saturated heterocycles. The second-order valence-electron chi connectivity index (χ2n) is 2.55. The van der Waals surface area contributed by atoms with Crippen LogP contribution in [0.2, 0.25) is 5.15 Å². The topological polar surface area (TPSA) is 38.9 Å². The van der Waals surface area contributed by atoms with E-state index in [0.717, 1.165) is 16.8 Å². The number of rotatable bonds is 1. The molecule has 0 aromatic carbocycles. The largest absolute Gasteiger partial charge is 0.326 e. The van der Waals surface area contributed by atoms with Crippen molar-refractivity contribution < 1.29 is 0 Å². The number of hydrogen-bond acceptors (Lipinski definition) is 2. The van der Waals surface area contributed by atoms with Crippen LogP contribution >= 0.6 is 11.6 Å². The standard InChI is InChI=1S/C8H11ClN2/c1-5-3-6(2)11-8(9)7(5)4-10/h3H,4,10H2,1-2H3. The van der Waals surface area contributed by atoms with Crippen LogP contribution in [0, 0.1) is 13.8 Å². The van der Waals surface area contributed by atoms with Gasteiger partial charge in [0, 0.05) is 17.8 Å². The Morgan fingerprint density at radius 3 is 2.64 bits per heavy atom. The number of nitrogens with two attached hydrogens (primary N) is 1. The van der Waals surface area contributed by atoms with Gasteiger partial charge in [-0.05, 0) is 25.5 Å². The molecule has 0 fully saturated rings. The Balaban J connectivity index is 3.25. The van der Waals surface area contributed by atoms with Gasteiger partial charge in [-0.3, -0.25) is 0 Å². The van der Waals surface area contributed by atoms with Gasteiger partial charge in [0.2, 0.25) is 0 Å². The lowest BCUT2D eigenvalue weighted by Gasteiger charge is -2.05. The fourth-order valence-electron chi connectivity index (χ4n) is 1.06. The maximum Gasteiger partial charge on any atom is 0.134 e. The van der Waals surface area contributed by atoms with Crippen molar-refractivity contribution >= 4 is 11.6 Å². The normalized spacial score (nSPS) is 10.2. The zero-order valence-corrected chi connectivity index (χ0v) is 7.44. The van der Waals surface area contributed by atoms with E-state index < -0.39 is 0 Å². The molecule has 0 radical (unpaired) electrons. The maximum atomic E-state index is 5.84. The Morgan fingerprint density at radius 1 is 1.55 bits per heavy atom. The number of halogens is 1. The summed E-state index contributed by atoms with van der Waals surface area (Å²) in [6, 6.07) is 1.98. The van der Waals surface area contributed by atoms with E-state index in [-0.39, 0.29) is 0 Å². The van der Waals surface area contributed by atoms with Crippen molar-refractivity contribution in [1.29, 1.82) is 0 Å². The Morgan fingerprint density at radius 2 is 2.18 bits per heavy atom. The molecule has 1 aromatic heterocycles. The highest BCUT2D eigenvalue weighted by atomic mass is 35.5. The molecule has 3 heteroatoms. The predicted molar refractivity (Wildman–Crippen MR) is 46.6 cm³/mol. The minimum absolute atomic E-state index is 0.456. The lowest BCUT2D eigenvalue weighted by molar-refractivity contribution is 1.01. The first-order valence-electron chi connectivity index (χ1n) is 3.48. The fraction of sp³-hybridized carbons (Fsp3) is 0.375. The van der Waals surface area contributed by atoms with E-state index in [1.54, 1.807) is 0 Å². The molecule has 0 atom stereocenters. The van der Waals surface area contributed by atoms with Crippen LogP contribution in [0.25, 0.3) is 0 Å². The van der Waals surface area contributed by atoms with Crippen LogP contribution in [-0.2, 0) is 6.54 Å². The smallest absolute Gasteiger partial charge is 0.134 e. The van der Waals surface area contributed by atoms with Gasteiger partial charge in [0.15, 0.2) is 0 Å². The Kier molecular flexibility index (Phi) is 2.47. The lowest BCUT2D eigenvalue weighted by atomic mass is 10.1. The van der Waals surface area contributed by atoms with Gasteiger partial charge >= 0.3 is 0 Å². The molecule has 0 bridgehead atoms. The van der Waals surface area contributed by atoms with Crippen molar-refractivity contribution in [3.63, 3.8) is 0 Å². The first kappa shape index (κ1) is 8.50. The van der Waals surface area contributed by atoms with E-state index in [4.69, 9.17) is 17.3 Å². The van der Waals surface area contributed by atoms with Crippen LogP contribution in [0.1, 0.15) is 16.8 Å². The summed E-state index contributed by atoms with van der Waals surface area (Å²) in [5.41, 5.74) is 8.47. The van der Waals surface area contributed by atoms with Gasteiger partial charge in [0.1, 0.15) is 5.15 Å². The number of aryl methyl sites for hydroxylation is 2. The predicted octanol–water partition coefficient (Wildman–Crippen LogP) is 1.81. The van der Waals surface area contributed by atoms with Gasteiger partial charge in [0.05, 0.1) is 0 Å². The highest BCUT2D eigenvalue weighted by Gasteiger charge is 2.03. The summed E-state index contributed by atoms with van der Waals surface area (Å²) in [4.78, 5) is 4.09. The minimum Gasteiger partial charge on any atom is -0.326 e. The van der Waals surface area contributed by atoms with E-state index in [1.807, 2.05) is 19.9 Å². The van der Waals surface area contributed by atoms with Crippen molar-refractivity contribution in [1.82, 2.24) is 4.98 Å². The lowest BCUT2D eigenvalue weighted by Crippen LogP contribution is -2.02. The zero-order chi connectivity index (χ0) is 8.43. The van der Waals surface area contributed by atoms with Crippen molar-refractivity contribution in [2.45, 2.75) is 20.4 Å². The Hall–Kier alpha value is -0.600. The molecule has 2 nitrogen and oxygen atoms in total. The summed E-state index contributed by atoms with van der Waals surface area (Å²) in [5.74, 6) is 0. The molecule has 60 valence electrons. The van der Waals surface area contributed by atoms with Crippen LogP contribution in [0.3, 0.4) is 0 Å². The Bertz CT molecular complexity index is 248. The van der Waals surface area contributed by atoms with Crippen molar-refractivity contribution in [2.75, 3.05) is 0 Å². The second-order valence-corrected chi connectivity index (χ2v) is 2.91. The summed E-state index contributed by atoms with van der Waals surface area (Å²) >= 11 is 5.84. The van der Waals surface area contributed by atoms with Crippen molar-refractivity contribution in [3.8, 4) is 0 Å². The SMILES string of the molecule is Cc1cc(C)c(CN)c(Cl)n1. The molecule has 2 N–H and O–H groups in total. The van der Waals surface area contributed by atoms with Gasteiger partial charge in [-0.25, -0.2) is 4.98 Å². The summed E-state index contributed by atoms with van der Waals surface area (Å²) < 4.78 is 0. The van der Waals surface area contributed by atoms with Crippen LogP contribution in [0.5, 0.6) is 0 Å². The third kappa shape index (κ3) is 1.70. The second kappa shape index (κ2) is 3.20. The average molecular weight is 171 g/mol. The van der Waals surface area contributed by atoms with Gasteiger partial charge in [-0.2, -0.15) is 0 Å². The summed E-state index contributed by atoms with van der Waals surface area (Å²) in [6.07, 6.45) is 0. The zero-order valence-electron chi connectivity index (χ0n) is 6.69. The molecule has 1 heterocycles. The molecule has 1 rings (SSSR count). The molecule has 0 saturated carbocycles. The summed E-state index contributed by atoms with van der Waals surface area (Å²) in [7, 11) is 0. The molecule has 0 spiro atoms. The number of hydrogen-bond donors (Lipinski definition) is 1. The third-order valence-corrected chi connectivity index (χ3v) is 1.94. The first-order valence-corrected chi connectivity index (χ1v) is 3.85. The molecule has 1 aromatic rings. The number of pyridine rings is 1. The van der Waals surface area contributed by atoms with Gasteiger partial charge in [0.25, 0.3) is 0 Å². The van der Waals surface area contributed by atoms with Gasteiger partial charge in [-0.1, -0.05) is 11.6 Å². The van der Waals surface area contributed by atoms with Gasteiger partial charge in [-0.15, -0.1) is 0 Å². The fourth-order valence-corrected chi connectivity index (χ4v) is 1.42. The van der Waals surface area contributed by atoms with E-state index in [2.05, 4.69) is 4.98 Å². The first-order chi connectivity index (χ1) is 5.15. The van der Waals surface area contributed by atoms with Gasteiger partial charge < -0.3 is 5.73 Å². The van der Waals surface area contributed by atoms with Crippen molar-refractivity contribution in [3.05, 3.63) is 28.0 Å². The monoisotopic (exact) mass is 170 g/mol. The van der Waals surface area contributed by atoms with Crippen LogP contribution in [0.4, 0.5) is 0 Å². The molecule has 0 unspecified atom stereocenters. The van der Waals surface area contributed by atoms with E-state index in [9.17, 15) is 0 Å². The molecule has 0 amide bonds. The molecule has 0 aliphatic heterocycles. The average Bonchev–Trinajstić information content (AvgIpc) is 1.85. The molecule has 0 aliphatic rings. The highest BCUT2D eigenvalue weighted by Crippen LogP contribution is 2.17. The quantitative estimate of drug-likeness (QED) is 0.653. The maximum absolute atomic E-state index is 5.84. The molecular formula is C8H11ClN2. The van der Waals surface area contributed by atoms with E-state index in [0.29, 0.717) is 11.7 Å². The highest BCUT2D eigenvalue weighted by molar-refractivity contribution is 6.30. The third-order valence-electron chi connectivity index (χ3n) is 1.63. The molecular weight excluding hydrogens is 160 g/mol. The Labute approximate surface area is 71.4 Å². The van der Waals surface area contributed by atoms with Crippen molar-refractivity contribution in [2.24, 2.45) is 5.73 Å². The minimum atomic E-state index is 0.456. The van der Waals surface area contributed by atoms with Crippen LogP contribution in [-0.4, -0.2) is 4.98 Å². The van der Waals surface area contributed by atoms with E-state index in [1.165, 1.54) is 0 Å². The number of nitrogens with zero attached hydrogens (tertiary/aromatic N) is 1. The summed E-state index contributed by atoms with van der Waals surface area (Å²) in [5, 5.41) is 0.532. The molecule has 11 heavy (non-hydrogen) atoms.